The molecule has 0 radical (unpaired) electrons. The lowest BCUT2D eigenvalue weighted by molar-refractivity contribution is 0.251. The normalized spacial score (nSPS) is 10.5. The van der Waals surface area contributed by atoms with Crippen molar-refractivity contribution in [2.75, 3.05) is 27.2 Å². The van der Waals surface area contributed by atoms with Crippen molar-refractivity contribution in [1.82, 2.24) is 15.1 Å². The molecule has 0 atom stereocenters. The molecule has 0 unspecified atom stereocenters. The molecule has 0 aliphatic carbocycles. The maximum Gasteiger partial charge on any atom is 0.233 e. The van der Waals surface area contributed by atoms with Crippen LogP contribution in [0.1, 0.15) is 0 Å². The third-order valence-electron chi connectivity index (χ3n) is 1.40. The third-order valence-corrected chi connectivity index (χ3v) is 1.97. The van der Waals surface area contributed by atoms with E-state index >= 15 is 0 Å². The van der Waals surface area contributed by atoms with Gasteiger partial charge in [-0.3, -0.25) is 0 Å². The van der Waals surface area contributed by atoms with Gasteiger partial charge in [0, 0.05) is 12.6 Å². The Morgan fingerprint density at radius 2 is 2.15 bits per heavy atom. The van der Waals surface area contributed by atoms with Crippen LogP contribution in [0.4, 0.5) is 0 Å². The average molecular weight is 293 g/mol. The number of nitrogens with zero attached hydrogens (tertiary/aromatic N) is 3. The smallest absolute Gasteiger partial charge is 0.233 e. The van der Waals surface area contributed by atoms with E-state index in [1.54, 1.807) is 0 Å². The molecule has 0 N–H and O–H groups in total. The topological polar surface area (TPSA) is 38.2 Å². The van der Waals surface area contributed by atoms with Gasteiger partial charge >= 0.3 is 0 Å². The number of likely N-dealkylation sites (N-methyl/N-ethyl adjacent to an activating group) is 1. The highest BCUT2D eigenvalue weighted by atomic mass is 127. The van der Waals surface area contributed by atoms with E-state index in [2.05, 4.69) is 37.7 Å². The van der Waals surface area contributed by atoms with Crippen molar-refractivity contribution < 1.29 is 4.74 Å². The lowest BCUT2D eigenvalue weighted by Crippen LogP contribution is -2.19. The second kappa shape index (κ2) is 5.33. The highest BCUT2D eigenvalue weighted by Crippen LogP contribution is 2.05. The Bertz CT molecular complexity index is 250. The van der Waals surface area contributed by atoms with Gasteiger partial charge in [0.1, 0.15) is 10.3 Å². The van der Waals surface area contributed by atoms with Crippen molar-refractivity contribution in [1.29, 1.82) is 0 Å². The SMILES string of the molecule is CN(C)CCOc1ccc(I)nn1. The second-order valence-corrected chi connectivity index (χ2v) is 3.95. The Hall–Kier alpha value is -0.430. The van der Waals surface area contributed by atoms with Gasteiger partial charge in [-0.15, -0.1) is 10.2 Å². The van der Waals surface area contributed by atoms with Crippen LogP contribution in [0.25, 0.3) is 0 Å². The summed E-state index contributed by atoms with van der Waals surface area (Å²) in [6, 6.07) is 3.70. The van der Waals surface area contributed by atoms with Crippen LogP contribution in [0, 0.1) is 3.70 Å². The van der Waals surface area contributed by atoms with E-state index < -0.39 is 0 Å². The van der Waals surface area contributed by atoms with Gasteiger partial charge < -0.3 is 9.64 Å². The van der Waals surface area contributed by atoms with Gasteiger partial charge in [0.2, 0.25) is 5.88 Å². The zero-order valence-corrected chi connectivity index (χ0v) is 9.85. The minimum atomic E-state index is 0.585. The summed E-state index contributed by atoms with van der Waals surface area (Å²) in [4.78, 5) is 2.06. The quantitative estimate of drug-likeness (QED) is 0.777. The molecule has 13 heavy (non-hydrogen) atoms. The maximum atomic E-state index is 5.35. The Balaban J connectivity index is 2.33. The summed E-state index contributed by atoms with van der Waals surface area (Å²) in [6.07, 6.45) is 0. The highest BCUT2D eigenvalue weighted by molar-refractivity contribution is 14.1. The van der Waals surface area contributed by atoms with Crippen molar-refractivity contribution in [2.45, 2.75) is 0 Å². The Morgan fingerprint density at radius 1 is 1.38 bits per heavy atom. The van der Waals surface area contributed by atoms with Gasteiger partial charge in [-0.2, -0.15) is 0 Å². The zero-order valence-electron chi connectivity index (χ0n) is 7.70. The maximum absolute atomic E-state index is 5.35. The number of hydrogen-bond acceptors (Lipinski definition) is 4. The van der Waals surface area contributed by atoms with Crippen molar-refractivity contribution in [3.05, 3.63) is 15.8 Å². The molecule has 0 saturated heterocycles. The molecule has 0 fully saturated rings. The molecule has 4 nitrogen and oxygen atoms in total. The van der Waals surface area contributed by atoms with Gasteiger partial charge in [0.15, 0.2) is 0 Å². The number of rotatable bonds is 4. The molecule has 0 aromatic carbocycles. The summed E-state index contributed by atoms with van der Waals surface area (Å²) in [5, 5.41) is 7.75. The van der Waals surface area contributed by atoms with Crippen LogP contribution >= 0.6 is 22.6 Å². The highest BCUT2D eigenvalue weighted by Gasteiger charge is 1.96. The van der Waals surface area contributed by atoms with Crippen LogP contribution in [0.5, 0.6) is 5.88 Å². The molecule has 72 valence electrons. The molecular formula is C8H12IN3O. The summed E-state index contributed by atoms with van der Waals surface area (Å²) < 4.78 is 6.23. The van der Waals surface area contributed by atoms with E-state index in [4.69, 9.17) is 4.74 Å². The first-order valence-electron chi connectivity index (χ1n) is 3.95. The van der Waals surface area contributed by atoms with E-state index in [-0.39, 0.29) is 0 Å². The second-order valence-electron chi connectivity index (χ2n) is 2.85. The Morgan fingerprint density at radius 3 is 2.69 bits per heavy atom. The molecule has 0 spiro atoms. The van der Waals surface area contributed by atoms with Crippen molar-refractivity contribution in [3.8, 4) is 5.88 Å². The predicted octanol–water partition coefficient (Wildman–Crippen LogP) is 1.02. The minimum Gasteiger partial charge on any atom is -0.475 e. The predicted molar refractivity (Wildman–Crippen MR) is 58.8 cm³/mol. The van der Waals surface area contributed by atoms with Crippen LogP contribution in [0.15, 0.2) is 12.1 Å². The van der Waals surface area contributed by atoms with Gasteiger partial charge in [-0.1, -0.05) is 0 Å². The first-order chi connectivity index (χ1) is 6.18. The van der Waals surface area contributed by atoms with Crippen molar-refractivity contribution >= 4 is 22.6 Å². The van der Waals surface area contributed by atoms with Gasteiger partial charge in [0.05, 0.1) is 0 Å². The van der Waals surface area contributed by atoms with E-state index in [0.717, 1.165) is 10.2 Å². The first kappa shape index (κ1) is 10.6. The molecule has 0 bridgehead atoms. The number of hydrogen-bond donors (Lipinski definition) is 0. The van der Waals surface area contributed by atoms with Gasteiger partial charge in [-0.05, 0) is 42.8 Å². The van der Waals surface area contributed by atoms with Gasteiger partial charge in [-0.25, -0.2) is 0 Å². The fourth-order valence-corrected chi connectivity index (χ4v) is 1.00. The third kappa shape index (κ3) is 4.37. The molecule has 0 aliphatic rings. The molecule has 5 heteroatoms. The van der Waals surface area contributed by atoms with E-state index in [1.807, 2.05) is 26.2 Å². The number of ether oxygens (including phenoxy) is 1. The largest absolute Gasteiger partial charge is 0.475 e. The summed E-state index contributed by atoms with van der Waals surface area (Å²) in [7, 11) is 4.01. The Kier molecular flexibility index (Phi) is 4.37. The van der Waals surface area contributed by atoms with Crippen molar-refractivity contribution in [3.63, 3.8) is 0 Å². The summed E-state index contributed by atoms with van der Waals surface area (Å²) in [5.74, 6) is 0.585. The molecule has 0 amide bonds. The van der Waals surface area contributed by atoms with Gasteiger partial charge in [0.25, 0.3) is 0 Å². The molecule has 1 aromatic rings. The fraction of sp³-hybridized carbons (Fsp3) is 0.500. The van der Waals surface area contributed by atoms with Crippen LogP contribution in [-0.4, -0.2) is 42.3 Å². The summed E-state index contributed by atoms with van der Waals surface area (Å²) >= 11 is 2.11. The van der Waals surface area contributed by atoms with Crippen LogP contribution in [0.3, 0.4) is 0 Å². The summed E-state index contributed by atoms with van der Waals surface area (Å²) in [5.41, 5.74) is 0. The lowest BCUT2D eigenvalue weighted by Gasteiger charge is -2.09. The molecule has 0 saturated carbocycles. The Labute approximate surface area is 91.4 Å². The first-order valence-corrected chi connectivity index (χ1v) is 5.03. The zero-order chi connectivity index (χ0) is 9.68. The van der Waals surface area contributed by atoms with Crippen molar-refractivity contribution in [2.24, 2.45) is 0 Å². The molecular weight excluding hydrogens is 281 g/mol. The van der Waals surface area contributed by atoms with Crippen LogP contribution in [-0.2, 0) is 0 Å². The monoisotopic (exact) mass is 293 g/mol. The molecule has 1 heterocycles. The average Bonchev–Trinajstić information content (AvgIpc) is 2.08. The lowest BCUT2D eigenvalue weighted by atomic mass is 10.5. The standard InChI is InChI=1S/C8H12IN3O/c1-12(2)5-6-13-8-4-3-7(9)10-11-8/h3-4H,5-6H2,1-2H3. The van der Waals surface area contributed by atoms with E-state index in [0.29, 0.717) is 12.5 Å². The molecule has 1 rings (SSSR count). The van der Waals surface area contributed by atoms with E-state index in [1.165, 1.54) is 0 Å². The number of halogens is 1. The molecule has 1 aromatic heterocycles. The summed E-state index contributed by atoms with van der Waals surface area (Å²) in [6.45, 7) is 1.52. The van der Waals surface area contributed by atoms with Crippen LogP contribution < -0.4 is 4.74 Å². The molecule has 0 aliphatic heterocycles. The fourth-order valence-electron chi connectivity index (χ4n) is 0.714. The van der Waals surface area contributed by atoms with E-state index in [9.17, 15) is 0 Å². The number of aromatic nitrogens is 2. The van der Waals surface area contributed by atoms with Crippen LogP contribution in [0.2, 0.25) is 0 Å². The minimum absolute atomic E-state index is 0.585.